The molecule has 32 heavy (non-hydrogen) atoms. The Bertz CT molecular complexity index is 1100. The quantitative estimate of drug-likeness (QED) is 0.502. The summed E-state index contributed by atoms with van der Waals surface area (Å²) in [6.45, 7) is 6.43. The van der Waals surface area contributed by atoms with E-state index in [9.17, 15) is 4.79 Å². The van der Waals surface area contributed by atoms with Gasteiger partial charge in [0.1, 0.15) is 11.4 Å². The standard InChI is InChI=1S/C25H31N5O2/c1-3-4-9-16-30-24(31)21(17-27-25(30)29-14-10-6-11-15-29)28-19(2)22-18-26-23(32-22)20-12-7-5-8-13-20/h4-5,7-9,12-13,17-19,28H,3,6,10-11,14-16H2,1-2H3/b9-4+. The molecule has 1 fully saturated rings. The number of hydrogen-bond acceptors (Lipinski definition) is 6. The minimum Gasteiger partial charge on any atom is -0.439 e. The summed E-state index contributed by atoms with van der Waals surface area (Å²) in [5, 5.41) is 3.28. The van der Waals surface area contributed by atoms with Crippen molar-refractivity contribution in [2.45, 2.75) is 52.1 Å². The van der Waals surface area contributed by atoms with Gasteiger partial charge in [-0.05, 0) is 44.7 Å². The molecule has 3 heterocycles. The second kappa shape index (κ2) is 10.3. The normalized spacial score (nSPS) is 15.2. The van der Waals surface area contributed by atoms with Crippen LogP contribution in [0.5, 0.6) is 0 Å². The van der Waals surface area contributed by atoms with Crippen molar-refractivity contribution in [3.63, 3.8) is 0 Å². The highest BCUT2D eigenvalue weighted by atomic mass is 16.4. The highest BCUT2D eigenvalue weighted by Gasteiger charge is 2.20. The van der Waals surface area contributed by atoms with Gasteiger partial charge in [-0.15, -0.1) is 0 Å². The predicted molar refractivity (Wildman–Crippen MR) is 128 cm³/mol. The van der Waals surface area contributed by atoms with Crippen LogP contribution in [0.15, 0.2) is 64.1 Å². The number of benzene rings is 1. The molecule has 168 valence electrons. The molecule has 1 N–H and O–H groups in total. The minimum absolute atomic E-state index is 0.0732. The van der Waals surface area contributed by atoms with Crippen LogP contribution in [0.4, 0.5) is 11.6 Å². The SMILES string of the molecule is CC/C=C/Cn1c(N2CCCCC2)ncc(NC(C)c2cnc(-c3ccccc3)o2)c1=O. The van der Waals surface area contributed by atoms with E-state index in [1.165, 1.54) is 6.42 Å². The third kappa shape index (κ3) is 4.93. The summed E-state index contributed by atoms with van der Waals surface area (Å²) in [4.78, 5) is 24.7. The molecule has 0 radical (unpaired) electrons. The molecule has 0 aliphatic carbocycles. The lowest BCUT2D eigenvalue weighted by Crippen LogP contribution is -2.37. The third-order valence-electron chi connectivity index (χ3n) is 5.70. The van der Waals surface area contributed by atoms with Crippen molar-refractivity contribution >= 4 is 11.6 Å². The second-order valence-corrected chi connectivity index (χ2v) is 8.11. The summed E-state index contributed by atoms with van der Waals surface area (Å²) in [6, 6.07) is 9.55. The Balaban J connectivity index is 1.58. The number of aromatic nitrogens is 3. The Morgan fingerprint density at radius 1 is 1.09 bits per heavy atom. The van der Waals surface area contributed by atoms with E-state index in [4.69, 9.17) is 4.42 Å². The third-order valence-corrected chi connectivity index (χ3v) is 5.70. The highest BCUT2D eigenvalue weighted by Crippen LogP contribution is 2.24. The van der Waals surface area contributed by atoms with Gasteiger partial charge in [0.25, 0.3) is 5.56 Å². The maximum absolute atomic E-state index is 13.4. The maximum Gasteiger partial charge on any atom is 0.278 e. The number of nitrogens with zero attached hydrogens (tertiary/aromatic N) is 4. The Morgan fingerprint density at radius 2 is 1.88 bits per heavy atom. The van der Waals surface area contributed by atoms with E-state index in [0.717, 1.165) is 43.9 Å². The van der Waals surface area contributed by atoms with Crippen molar-refractivity contribution in [2.75, 3.05) is 23.3 Å². The molecule has 0 saturated carbocycles. The Hall–Kier alpha value is -3.35. The Labute approximate surface area is 188 Å². The topological polar surface area (TPSA) is 76.2 Å². The summed E-state index contributed by atoms with van der Waals surface area (Å²) in [7, 11) is 0. The number of hydrogen-bond donors (Lipinski definition) is 1. The molecule has 1 atom stereocenters. The number of piperidine rings is 1. The van der Waals surface area contributed by atoms with Crippen molar-refractivity contribution in [2.24, 2.45) is 0 Å². The van der Waals surface area contributed by atoms with Crippen molar-refractivity contribution in [3.8, 4) is 11.5 Å². The average Bonchev–Trinajstić information content (AvgIpc) is 3.33. The van der Waals surface area contributed by atoms with Crippen molar-refractivity contribution in [1.29, 1.82) is 0 Å². The predicted octanol–water partition coefficient (Wildman–Crippen LogP) is 5.03. The number of rotatable bonds is 8. The van der Waals surface area contributed by atoms with E-state index in [-0.39, 0.29) is 11.6 Å². The molecule has 2 aromatic heterocycles. The van der Waals surface area contributed by atoms with Crippen LogP contribution in [-0.2, 0) is 6.54 Å². The number of oxazole rings is 1. The molecule has 7 heteroatoms. The second-order valence-electron chi connectivity index (χ2n) is 8.11. The van der Waals surface area contributed by atoms with Crippen LogP contribution in [0, 0.1) is 0 Å². The Morgan fingerprint density at radius 3 is 2.62 bits per heavy atom. The zero-order valence-corrected chi connectivity index (χ0v) is 18.8. The van der Waals surface area contributed by atoms with Crippen LogP contribution in [0.25, 0.3) is 11.5 Å². The summed E-state index contributed by atoms with van der Waals surface area (Å²) in [5.74, 6) is 1.98. The first-order valence-electron chi connectivity index (χ1n) is 11.4. The van der Waals surface area contributed by atoms with Gasteiger partial charge in [-0.3, -0.25) is 9.36 Å². The molecule has 0 spiro atoms. The van der Waals surface area contributed by atoms with Crippen LogP contribution in [0.1, 0.15) is 51.3 Å². The van der Waals surface area contributed by atoms with Crippen molar-refractivity contribution < 1.29 is 4.42 Å². The zero-order valence-electron chi connectivity index (χ0n) is 18.8. The van der Waals surface area contributed by atoms with Crippen LogP contribution in [0.3, 0.4) is 0 Å². The fraction of sp³-hybridized carbons (Fsp3) is 0.400. The molecule has 0 bridgehead atoms. The Kier molecular flexibility index (Phi) is 7.04. The average molecular weight is 434 g/mol. The number of anilines is 2. The van der Waals surface area contributed by atoms with E-state index in [0.29, 0.717) is 23.9 Å². The molecule has 1 aromatic carbocycles. The minimum atomic E-state index is -0.227. The van der Waals surface area contributed by atoms with Crippen LogP contribution >= 0.6 is 0 Å². The molecule has 1 unspecified atom stereocenters. The molecule has 7 nitrogen and oxygen atoms in total. The molecule has 1 saturated heterocycles. The van der Waals surface area contributed by atoms with Crippen molar-refractivity contribution in [3.05, 3.63) is 71.0 Å². The maximum atomic E-state index is 13.4. The molecular formula is C25H31N5O2. The fourth-order valence-electron chi connectivity index (χ4n) is 3.95. The van der Waals surface area contributed by atoms with Gasteiger partial charge in [0.15, 0.2) is 0 Å². The zero-order chi connectivity index (χ0) is 22.3. The van der Waals surface area contributed by atoms with E-state index in [2.05, 4.69) is 33.2 Å². The van der Waals surface area contributed by atoms with E-state index in [1.54, 1.807) is 17.0 Å². The van der Waals surface area contributed by atoms with Crippen LogP contribution in [0.2, 0.25) is 0 Å². The largest absolute Gasteiger partial charge is 0.439 e. The molecular weight excluding hydrogens is 402 g/mol. The molecule has 1 aliphatic rings. The smallest absolute Gasteiger partial charge is 0.278 e. The lowest BCUT2D eigenvalue weighted by atomic mass is 10.1. The van der Waals surface area contributed by atoms with E-state index < -0.39 is 0 Å². The summed E-state index contributed by atoms with van der Waals surface area (Å²) < 4.78 is 7.72. The molecule has 3 aromatic rings. The van der Waals surface area contributed by atoms with Gasteiger partial charge >= 0.3 is 0 Å². The van der Waals surface area contributed by atoms with Gasteiger partial charge in [0.05, 0.1) is 18.4 Å². The van der Waals surface area contributed by atoms with Crippen molar-refractivity contribution in [1.82, 2.24) is 14.5 Å². The number of allylic oxidation sites excluding steroid dienone is 2. The first-order valence-corrected chi connectivity index (χ1v) is 11.4. The number of nitrogens with one attached hydrogen (secondary N) is 1. The first kappa shape index (κ1) is 21.9. The molecule has 1 aliphatic heterocycles. The molecule has 4 rings (SSSR count). The molecule has 0 amide bonds. The summed E-state index contributed by atoms with van der Waals surface area (Å²) in [6.07, 6.45) is 11.9. The fourth-order valence-corrected chi connectivity index (χ4v) is 3.95. The summed E-state index contributed by atoms with van der Waals surface area (Å²) in [5.41, 5.74) is 1.31. The lowest BCUT2D eigenvalue weighted by Gasteiger charge is -2.29. The first-order chi connectivity index (χ1) is 15.7. The summed E-state index contributed by atoms with van der Waals surface area (Å²) >= 11 is 0. The van der Waals surface area contributed by atoms with E-state index >= 15 is 0 Å². The van der Waals surface area contributed by atoms with Gasteiger partial charge < -0.3 is 14.6 Å². The van der Waals surface area contributed by atoms with Gasteiger partial charge in [0.2, 0.25) is 11.8 Å². The monoisotopic (exact) mass is 433 g/mol. The highest BCUT2D eigenvalue weighted by molar-refractivity contribution is 5.53. The van der Waals surface area contributed by atoms with Gasteiger partial charge in [-0.1, -0.05) is 37.3 Å². The van der Waals surface area contributed by atoms with Gasteiger partial charge in [-0.2, -0.15) is 0 Å². The lowest BCUT2D eigenvalue weighted by molar-refractivity contribution is 0.498. The van der Waals surface area contributed by atoms with Gasteiger partial charge in [-0.25, -0.2) is 9.97 Å². The van der Waals surface area contributed by atoms with Crippen LogP contribution in [-0.4, -0.2) is 27.6 Å². The van der Waals surface area contributed by atoms with Crippen LogP contribution < -0.4 is 15.8 Å². The van der Waals surface area contributed by atoms with E-state index in [1.807, 2.05) is 43.3 Å². The van der Waals surface area contributed by atoms with Gasteiger partial charge in [0, 0.05) is 25.2 Å².